The van der Waals surface area contributed by atoms with Gasteiger partial charge in [-0.05, 0) is 48.9 Å². The number of carbonyl (C=O) groups excluding carboxylic acids is 1. The van der Waals surface area contributed by atoms with Crippen molar-refractivity contribution in [3.8, 4) is 5.75 Å². The van der Waals surface area contributed by atoms with E-state index in [4.69, 9.17) is 4.74 Å². The molecule has 0 saturated carbocycles. The SMILES string of the molecule is CCC(C)NC(=O)c1cccc2c1NC(c1ccccc1OCc1ccccc1)C1CC=CC21. The zero-order valence-electron chi connectivity index (χ0n) is 19.8. The van der Waals surface area contributed by atoms with Gasteiger partial charge >= 0.3 is 0 Å². The number of benzene rings is 3. The van der Waals surface area contributed by atoms with E-state index in [9.17, 15) is 4.79 Å². The number of ether oxygens (including phenoxy) is 1. The van der Waals surface area contributed by atoms with Gasteiger partial charge in [0.2, 0.25) is 0 Å². The topological polar surface area (TPSA) is 50.4 Å². The summed E-state index contributed by atoms with van der Waals surface area (Å²) in [5.74, 6) is 1.52. The van der Waals surface area contributed by atoms with Crippen LogP contribution in [0.3, 0.4) is 0 Å². The van der Waals surface area contributed by atoms with Crippen LogP contribution in [0.25, 0.3) is 0 Å². The molecule has 1 amide bonds. The number of allylic oxidation sites excluding steroid dienone is 2. The molecule has 5 rings (SSSR count). The average Bonchev–Trinajstić information content (AvgIpc) is 3.38. The molecule has 3 aromatic rings. The van der Waals surface area contributed by atoms with E-state index in [1.54, 1.807) is 0 Å². The van der Waals surface area contributed by atoms with Gasteiger partial charge in [-0.3, -0.25) is 4.79 Å². The highest BCUT2D eigenvalue weighted by atomic mass is 16.5. The van der Waals surface area contributed by atoms with Gasteiger partial charge in [0, 0.05) is 17.5 Å². The fourth-order valence-electron chi connectivity index (χ4n) is 5.13. The molecule has 174 valence electrons. The Hall–Kier alpha value is -3.53. The van der Waals surface area contributed by atoms with Crippen molar-refractivity contribution in [3.05, 3.63) is 107 Å². The smallest absolute Gasteiger partial charge is 0.253 e. The monoisotopic (exact) mass is 452 g/mol. The number of carbonyl (C=O) groups is 1. The van der Waals surface area contributed by atoms with E-state index < -0.39 is 0 Å². The van der Waals surface area contributed by atoms with Gasteiger partial charge in [-0.1, -0.05) is 79.7 Å². The number of fused-ring (bicyclic) bond motifs is 3. The molecule has 2 N–H and O–H groups in total. The molecule has 4 nitrogen and oxygen atoms in total. The third-order valence-electron chi connectivity index (χ3n) is 7.12. The highest BCUT2D eigenvalue weighted by Gasteiger charge is 2.40. The molecule has 0 radical (unpaired) electrons. The van der Waals surface area contributed by atoms with E-state index in [1.807, 2.05) is 49.4 Å². The van der Waals surface area contributed by atoms with Crippen molar-refractivity contribution in [1.29, 1.82) is 0 Å². The highest BCUT2D eigenvalue weighted by Crippen LogP contribution is 2.52. The van der Waals surface area contributed by atoms with Gasteiger partial charge in [0.05, 0.1) is 17.3 Å². The summed E-state index contributed by atoms with van der Waals surface area (Å²) < 4.78 is 6.32. The molecule has 4 unspecified atom stereocenters. The minimum Gasteiger partial charge on any atom is -0.489 e. The van der Waals surface area contributed by atoms with Gasteiger partial charge in [0.25, 0.3) is 5.91 Å². The van der Waals surface area contributed by atoms with Crippen LogP contribution in [0.15, 0.2) is 84.9 Å². The average molecular weight is 453 g/mol. The summed E-state index contributed by atoms with van der Waals surface area (Å²) in [6.07, 6.45) is 6.48. The minimum atomic E-state index is -0.0218. The van der Waals surface area contributed by atoms with Crippen LogP contribution in [0.5, 0.6) is 5.75 Å². The first-order chi connectivity index (χ1) is 16.7. The molecule has 1 heterocycles. The van der Waals surface area contributed by atoms with E-state index in [0.29, 0.717) is 18.1 Å². The maximum absolute atomic E-state index is 13.2. The summed E-state index contributed by atoms with van der Waals surface area (Å²) in [5, 5.41) is 6.92. The van der Waals surface area contributed by atoms with Crippen molar-refractivity contribution in [2.75, 3.05) is 5.32 Å². The van der Waals surface area contributed by atoms with Crippen LogP contribution in [-0.2, 0) is 6.61 Å². The third-order valence-corrected chi connectivity index (χ3v) is 7.12. The second kappa shape index (κ2) is 9.76. The van der Waals surface area contributed by atoms with Crippen molar-refractivity contribution < 1.29 is 9.53 Å². The zero-order chi connectivity index (χ0) is 23.5. The van der Waals surface area contributed by atoms with E-state index in [-0.39, 0.29) is 23.9 Å². The molecule has 0 bridgehead atoms. The lowest BCUT2D eigenvalue weighted by molar-refractivity contribution is 0.0939. The van der Waals surface area contributed by atoms with Crippen LogP contribution in [0.4, 0.5) is 5.69 Å². The van der Waals surface area contributed by atoms with Gasteiger partial charge < -0.3 is 15.4 Å². The Kier molecular flexibility index (Phi) is 6.39. The number of nitrogens with one attached hydrogen (secondary N) is 2. The molecule has 1 aliphatic carbocycles. The van der Waals surface area contributed by atoms with E-state index >= 15 is 0 Å². The quantitative estimate of drug-likeness (QED) is 0.396. The summed E-state index contributed by atoms with van der Waals surface area (Å²) in [7, 11) is 0. The Morgan fingerprint density at radius 2 is 1.79 bits per heavy atom. The molecule has 3 aromatic carbocycles. The summed E-state index contributed by atoms with van der Waals surface area (Å²) in [5.41, 5.74) is 5.14. The summed E-state index contributed by atoms with van der Waals surface area (Å²) in [6, 6.07) is 24.8. The molecule has 4 atom stereocenters. The number of amides is 1. The van der Waals surface area contributed by atoms with E-state index in [2.05, 4.69) is 60.0 Å². The summed E-state index contributed by atoms with van der Waals surface area (Å²) in [6.45, 7) is 4.65. The maximum atomic E-state index is 13.2. The third kappa shape index (κ3) is 4.33. The standard InChI is InChI=1S/C30H32N2O2/c1-3-20(2)31-30(33)26-17-10-16-24-22-14-9-15-23(22)28(32-29(24)26)25-13-7-8-18-27(25)34-19-21-11-5-4-6-12-21/h4-14,16-18,20,22-23,28,32H,3,15,19H2,1-2H3,(H,31,33). The predicted molar refractivity (Wildman–Crippen MR) is 137 cm³/mol. The lowest BCUT2D eigenvalue weighted by Gasteiger charge is -2.39. The van der Waals surface area contributed by atoms with Crippen LogP contribution in [0.2, 0.25) is 0 Å². The first-order valence-electron chi connectivity index (χ1n) is 12.3. The van der Waals surface area contributed by atoms with Crippen LogP contribution < -0.4 is 15.4 Å². The Labute approximate surface area is 202 Å². The Morgan fingerprint density at radius 1 is 1.03 bits per heavy atom. The molecule has 34 heavy (non-hydrogen) atoms. The maximum Gasteiger partial charge on any atom is 0.253 e. The highest BCUT2D eigenvalue weighted by molar-refractivity contribution is 6.01. The van der Waals surface area contributed by atoms with Gasteiger partial charge in [-0.15, -0.1) is 0 Å². The largest absolute Gasteiger partial charge is 0.489 e. The van der Waals surface area contributed by atoms with Crippen molar-refractivity contribution in [2.24, 2.45) is 5.92 Å². The van der Waals surface area contributed by atoms with E-state index in [0.717, 1.165) is 35.4 Å². The first kappa shape index (κ1) is 22.3. The van der Waals surface area contributed by atoms with Crippen molar-refractivity contribution >= 4 is 11.6 Å². The predicted octanol–water partition coefficient (Wildman–Crippen LogP) is 6.62. The zero-order valence-corrected chi connectivity index (χ0v) is 19.8. The van der Waals surface area contributed by atoms with Crippen LogP contribution in [0, 0.1) is 5.92 Å². The Bertz CT molecular complexity index is 1190. The Morgan fingerprint density at radius 3 is 2.62 bits per heavy atom. The van der Waals surface area contributed by atoms with Crippen molar-refractivity contribution in [3.63, 3.8) is 0 Å². The first-order valence-corrected chi connectivity index (χ1v) is 12.3. The fraction of sp³-hybridized carbons (Fsp3) is 0.300. The normalized spacial score (nSPS) is 21.2. The summed E-state index contributed by atoms with van der Waals surface area (Å²) in [4.78, 5) is 13.2. The van der Waals surface area contributed by atoms with Crippen molar-refractivity contribution in [1.82, 2.24) is 5.32 Å². The van der Waals surface area contributed by atoms with Gasteiger partial charge in [-0.2, -0.15) is 0 Å². The lowest BCUT2D eigenvalue weighted by atomic mass is 9.76. The van der Waals surface area contributed by atoms with Crippen molar-refractivity contribution in [2.45, 2.75) is 51.3 Å². The lowest BCUT2D eigenvalue weighted by Crippen LogP contribution is -2.35. The van der Waals surface area contributed by atoms with Crippen LogP contribution in [0.1, 0.15) is 65.7 Å². The van der Waals surface area contributed by atoms with Gasteiger partial charge in [0.1, 0.15) is 12.4 Å². The second-order valence-electron chi connectivity index (χ2n) is 9.34. The van der Waals surface area contributed by atoms with Crippen LogP contribution >= 0.6 is 0 Å². The summed E-state index contributed by atoms with van der Waals surface area (Å²) >= 11 is 0. The van der Waals surface area contributed by atoms with Gasteiger partial charge in [-0.25, -0.2) is 0 Å². The molecule has 0 saturated heterocycles. The molecule has 0 spiro atoms. The fourth-order valence-corrected chi connectivity index (χ4v) is 5.13. The molecule has 0 aromatic heterocycles. The van der Waals surface area contributed by atoms with E-state index in [1.165, 1.54) is 5.56 Å². The molecular formula is C30H32N2O2. The Balaban J connectivity index is 1.48. The molecule has 0 fully saturated rings. The molecule has 1 aliphatic heterocycles. The molecule has 4 heteroatoms. The van der Waals surface area contributed by atoms with Gasteiger partial charge in [0.15, 0.2) is 0 Å². The number of hydrogen-bond donors (Lipinski definition) is 2. The molecule has 2 aliphatic rings. The number of anilines is 1. The van der Waals surface area contributed by atoms with Crippen LogP contribution in [-0.4, -0.2) is 11.9 Å². The number of hydrogen-bond acceptors (Lipinski definition) is 3. The minimum absolute atomic E-state index is 0.0218. The number of para-hydroxylation sites is 2. The number of rotatable bonds is 7. The molecular weight excluding hydrogens is 420 g/mol. The second-order valence-corrected chi connectivity index (χ2v) is 9.34.